The van der Waals surface area contributed by atoms with Crippen molar-refractivity contribution in [2.24, 2.45) is 0 Å². The maximum atomic E-state index is 11.9. The summed E-state index contributed by atoms with van der Waals surface area (Å²) in [4.78, 5) is 24.3. The number of nitrogens with zero attached hydrogens (tertiary/aromatic N) is 4. The number of nitrogens with one attached hydrogen (secondary N) is 2. The van der Waals surface area contributed by atoms with E-state index in [-0.39, 0.29) is 5.91 Å². The smallest absolute Gasteiger partial charge is 0.254 e. The molecule has 7 heteroatoms. The number of carbonyl (C=O) groups is 1. The van der Waals surface area contributed by atoms with Gasteiger partial charge in [-0.3, -0.25) is 4.79 Å². The van der Waals surface area contributed by atoms with Crippen LogP contribution < -0.4 is 10.6 Å². The van der Waals surface area contributed by atoms with E-state index in [1.165, 1.54) is 0 Å². The first kappa shape index (κ1) is 17.3. The highest BCUT2D eigenvalue weighted by Gasteiger charge is 2.06. The van der Waals surface area contributed by atoms with Crippen molar-refractivity contribution >= 4 is 11.9 Å². The van der Waals surface area contributed by atoms with Crippen LogP contribution in [0.15, 0.2) is 12.4 Å². The van der Waals surface area contributed by atoms with Gasteiger partial charge in [-0.05, 0) is 41.2 Å². The molecule has 0 bridgehead atoms. The van der Waals surface area contributed by atoms with Crippen LogP contribution in [0, 0.1) is 0 Å². The second kappa shape index (κ2) is 9.25. The van der Waals surface area contributed by atoms with Gasteiger partial charge in [0.05, 0.1) is 5.56 Å². The molecule has 0 saturated carbocycles. The summed E-state index contributed by atoms with van der Waals surface area (Å²) in [5, 5.41) is 5.96. The molecule has 21 heavy (non-hydrogen) atoms. The molecule has 0 aliphatic rings. The van der Waals surface area contributed by atoms with Gasteiger partial charge in [0.15, 0.2) is 0 Å². The molecule has 2 N–H and O–H groups in total. The molecule has 1 heterocycles. The Morgan fingerprint density at radius 2 is 1.67 bits per heavy atom. The molecular formula is C14H26N6O. The summed E-state index contributed by atoms with van der Waals surface area (Å²) in [6.07, 6.45) is 4.02. The monoisotopic (exact) mass is 294 g/mol. The summed E-state index contributed by atoms with van der Waals surface area (Å²) in [6, 6.07) is 0. The topological polar surface area (TPSA) is 73.4 Å². The van der Waals surface area contributed by atoms with E-state index in [0.717, 1.165) is 26.1 Å². The normalized spacial score (nSPS) is 11.0. The minimum atomic E-state index is -0.131. The van der Waals surface area contributed by atoms with Gasteiger partial charge in [0, 0.05) is 32.0 Å². The number of rotatable bonds is 9. The molecule has 0 radical (unpaired) electrons. The first-order chi connectivity index (χ1) is 9.99. The van der Waals surface area contributed by atoms with E-state index in [0.29, 0.717) is 18.1 Å². The molecule has 1 aromatic rings. The Morgan fingerprint density at radius 1 is 1.05 bits per heavy atom. The molecule has 0 aromatic carbocycles. The standard InChI is InChI=1S/C14H26N6O/c1-19(2)8-5-6-15-13(21)12-10-17-14(18-11-12)16-7-9-20(3)4/h10-11H,5-9H2,1-4H3,(H,15,21)(H,16,17,18). The lowest BCUT2D eigenvalue weighted by Crippen LogP contribution is -2.27. The Morgan fingerprint density at radius 3 is 2.24 bits per heavy atom. The lowest BCUT2D eigenvalue weighted by atomic mass is 10.3. The minimum Gasteiger partial charge on any atom is -0.353 e. The SMILES string of the molecule is CN(C)CCCNC(=O)c1cnc(NCCN(C)C)nc1. The van der Waals surface area contributed by atoms with Crippen molar-refractivity contribution in [3.05, 3.63) is 18.0 Å². The Bertz CT molecular complexity index is 418. The van der Waals surface area contributed by atoms with E-state index >= 15 is 0 Å². The van der Waals surface area contributed by atoms with Crippen LogP contribution in [0.2, 0.25) is 0 Å². The fraction of sp³-hybridized carbons (Fsp3) is 0.643. The quantitative estimate of drug-likeness (QED) is 0.631. The summed E-state index contributed by atoms with van der Waals surface area (Å²) in [5.74, 6) is 0.412. The summed E-state index contributed by atoms with van der Waals surface area (Å²) in [5.41, 5.74) is 0.484. The van der Waals surface area contributed by atoms with E-state index in [4.69, 9.17) is 0 Å². The molecule has 0 aliphatic heterocycles. The van der Waals surface area contributed by atoms with Gasteiger partial charge in [0.25, 0.3) is 5.91 Å². The summed E-state index contributed by atoms with van der Waals surface area (Å²) in [6.45, 7) is 3.27. The van der Waals surface area contributed by atoms with Crippen molar-refractivity contribution < 1.29 is 4.79 Å². The van der Waals surface area contributed by atoms with Crippen molar-refractivity contribution in [2.45, 2.75) is 6.42 Å². The second-order valence-corrected chi connectivity index (χ2v) is 5.44. The number of hydrogen-bond acceptors (Lipinski definition) is 6. The Labute approximate surface area is 126 Å². The first-order valence-electron chi connectivity index (χ1n) is 7.12. The number of carbonyl (C=O) groups excluding carboxylic acids is 1. The number of likely N-dealkylation sites (N-methyl/N-ethyl adjacent to an activating group) is 1. The van der Waals surface area contributed by atoms with Gasteiger partial charge in [-0.1, -0.05) is 0 Å². The van der Waals surface area contributed by atoms with E-state index in [1.54, 1.807) is 12.4 Å². The van der Waals surface area contributed by atoms with Crippen molar-refractivity contribution in [3.63, 3.8) is 0 Å². The van der Waals surface area contributed by atoms with E-state index in [2.05, 4.69) is 30.4 Å². The fourth-order valence-corrected chi connectivity index (χ4v) is 1.63. The number of hydrogen-bond donors (Lipinski definition) is 2. The Balaban J connectivity index is 2.33. The summed E-state index contributed by atoms with van der Waals surface area (Å²) in [7, 11) is 8.04. The average molecular weight is 294 g/mol. The van der Waals surface area contributed by atoms with Crippen LogP contribution in [0.25, 0.3) is 0 Å². The third-order valence-corrected chi connectivity index (χ3v) is 2.82. The third-order valence-electron chi connectivity index (χ3n) is 2.82. The highest BCUT2D eigenvalue weighted by Crippen LogP contribution is 2.00. The van der Waals surface area contributed by atoms with Crippen LogP contribution in [-0.2, 0) is 0 Å². The zero-order chi connectivity index (χ0) is 15.7. The Kier molecular flexibility index (Phi) is 7.63. The predicted octanol–water partition coefficient (Wildman–Crippen LogP) is 0.132. The molecule has 0 aliphatic carbocycles. The highest BCUT2D eigenvalue weighted by molar-refractivity contribution is 5.93. The van der Waals surface area contributed by atoms with Crippen LogP contribution in [0.5, 0.6) is 0 Å². The van der Waals surface area contributed by atoms with Crippen molar-refractivity contribution in [3.8, 4) is 0 Å². The van der Waals surface area contributed by atoms with Crippen molar-refractivity contribution in [2.75, 3.05) is 59.7 Å². The number of aromatic nitrogens is 2. The van der Waals surface area contributed by atoms with Gasteiger partial charge >= 0.3 is 0 Å². The number of anilines is 1. The molecule has 1 amide bonds. The lowest BCUT2D eigenvalue weighted by Gasteiger charge is -2.11. The van der Waals surface area contributed by atoms with E-state index in [9.17, 15) is 4.79 Å². The maximum absolute atomic E-state index is 11.9. The van der Waals surface area contributed by atoms with Crippen molar-refractivity contribution in [1.29, 1.82) is 0 Å². The lowest BCUT2D eigenvalue weighted by molar-refractivity contribution is 0.0951. The molecule has 0 saturated heterocycles. The van der Waals surface area contributed by atoms with E-state index in [1.807, 2.05) is 28.2 Å². The first-order valence-corrected chi connectivity index (χ1v) is 7.12. The molecule has 0 fully saturated rings. The Hall–Kier alpha value is -1.73. The number of amides is 1. The van der Waals surface area contributed by atoms with Crippen molar-refractivity contribution in [1.82, 2.24) is 25.1 Å². The van der Waals surface area contributed by atoms with Gasteiger partial charge in [0.1, 0.15) is 0 Å². The van der Waals surface area contributed by atoms with Gasteiger partial charge in [-0.25, -0.2) is 9.97 Å². The molecule has 7 nitrogen and oxygen atoms in total. The average Bonchev–Trinajstić information content (AvgIpc) is 2.43. The minimum absolute atomic E-state index is 0.131. The highest BCUT2D eigenvalue weighted by atomic mass is 16.1. The largest absolute Gasteiger partial charge is 0.353 e. The van der Waals surface area contributed by atoms with E-state index < -0.39 is 0 Å². The van der Waals surface area contributed by atoms with Crippen LogP contribution in [-0.4, -0.2) is 80.0 Å². The predicted molar refractivity (Wildman–Crippen MR) is 84.6 cm³/mol. The van der Waals surface area contributed by atoms with Crippen LogP contribution in [0.1, 0.15) is 16.8 Å². The molecule has 1 rings (SSSR count). The van der Waals surface area contributed by atoms with Gasteiger partial charge in [-0.15, -0.1) is 0 Å². The molecule has 1 aromatic heterocycles. The van der Waals surface area contributed by atoms with Crippen LogP contribution in [0.4, 0.5) is 5.95 Å². The van der Waals surface area contributed by atoms with Gasteiger partial charge in [-0.2, -0.15) is 0 Å². The summed E-state index contributed by atoms with van der Waals surface area (Å²) < 4.78 is 0. The van der Waals surface area contributed by atoms with Gasteiger partial charge in [0.2, 0.25) is 5.95 Å². The van der Waals surface area contributed by atoms with Crippen LogP contribution >= 0.6 is 0 Å². The molecule has 0 atom stereocenters. The molecule has 0 unspecified atom stereocenters. The molecule has 118 valence electrons. The van der Waals surface area contributed by atoms with Gasteiger partial charge < -0.3 is 20.4 Å². The second-order valence-electron chi connectivity index (χ2n) is 5.44. The third kappa shape index (κ3) is 7.57. The molecule has 0 spiro atoms. The molecular weight excluding hydrogens is 268 g/mol. The summed E-state index contributed by atoms with van der Waals surface area (Å²) >= 11 is 0. The zero-order valence-electron chi connectivity index (χ0n) is 13.4. The zero-order valence-corrected chi connectivity index (χ0v) is 13.4. The van der Waals surface area contributed by atoms with Crippen LogP contribution in [0.3, 0.4) is 0 Å². The maximum Gasteiger partial charge on any atom is 0.254 e. The fourth-order valence-electron chi connectivity index (χ4n) is 1.63.